The summed E-state index contributed by atoms with van der Waals surface area (Å²) >= 11 is 6.24. The van der Waals surface area contributed by atoms with E-state index in [1.165, 1.54) is 12.8 Å². The first kappa shape index (κ1) is 11.7. The lowest BCUT2D eigenvalue weighted by molar-refractivity contribution is 0.370. The summed E-state index contributed by atoms with van der Waals surface area (Å²) < 4.78 is 0. The van der Waals surface area contributed by atoms with Gasteiger partial charge in [-0.2, -0.15) is 0 Å². The first-order valence-electron chi connectivity index (χ1n) is 5.86. The zero-order valence-corrected chi connectivity index (χ0v) is 10.3. The number of benzene rings is 1. The van der Waals surface area contributed by atoms with E-state index in [-0.39, 0.29) is 0 Å². The van der Waals surface area contributed by atoms with Crippen LogP contribution in [0, 0.1) is 12.8 Å². The van der Waals surface area contributed by atoms with E-state index in [1.54, 1.807) is 6.07 Å². The Morgan fingerprint density at radius 3 is 3.00 bits per heavy atom. The van der Waals surface area contributed by atoms with Gasteiger partial charge in [-0.15, -0.1) is 0 Å². The lowest BCUT2D eigenvalue weighted by Gasteiger charge is -2.23. The molecule has 1 aliphatic rings. The summed E-state index contributed by atoms with van der Waals surface area (Å²) in [6, 6.07) is 3.60. The molecule has 3 heteroatoms. The number of hydrogen-bond acceptors (Lipinski definition) is 2. The maximum absolute atomic E-state index is 9.84. The highest BCUT2D eigenvalue weighted by Crippen LogP contribution is 2.32. The normalized spacial score (nSPS) is 21.0. The number of piperidine rings is 1. The monoisotopic (exact) mass is 239 g/mol. The van der Waals surface area contributed by atoms with E-state index in [4.69, 9.17) is 11.6 Å². The molecule has 0 amide bonds. The Morgan fingerprint density at radius 2 is 2.31 bits per heavy atom. The van der Waals surface area contributed by atoms with Crippen LogP contribution in [0.5, 0.6) is 5.75 Å². The maximum Gasteiger partial charge on any atom is 0.120 e. The zero-order valence-electron chi connectivity index (χ0n) is 9.59. The Kier molecular flexibility index (Phi) is 3.72. The van der Waals surface area contributed by atoms with Crippen molar-refractivity contribution in [1.82, 2.24) is 5.32 Å². The van der Waals surface area contributed by atoms with Crippen molar-refractivity contribution >= 4 is 11.6 Å². The second-order valence-corrected chi connectivity index (χ2v) is 4.99. The zero-order chi connectivity index (χ0) is 11.5. The number of hydrogen-bond donors (Lipinski definition) is 2. The van der Waals surface area contributed by atoms with Crippen molar-refractivity contribution < 1.29 is 5.11 Å². The van der Waals surface area contributed by atoms with Gasteiger partial charge in [0, 0.05) is 5.56 Å². The van der Waals surface area contributed by atoms with Crippen LogP contribution >= 0.6 is 11.6 Å². The van der Waals surface area contributed by atoms with Crippen LogP contribution in [0.1, 0.15) is 24.0 Å². The fourth-order valence-electron chi connectivity index (χ4n) is 2.31. The highest BCUT2D eigenvalue weighted by molar-refractivity contribution is 6.32. The van der Waals surface area contributed by atoms with E-state index < -0.39 is 0 Å². The van der Waals surface area contributed by atoms with E-state index in [2.05, 4.69) is 5.32 Å². The van der Waals surface area contributed by atoms with Crippen LogP contribution in [0.4, 0.5) is 0 Å². The minimum absolute atomic E-state index is 0.334. The van der Waals surface area contributed by atoms with E-state index in [1.807, 2.05) is 13.0 Å². The number of rotatable bonds is 2. The summed E-state index contributed by atoms with van der Waals surface area (Å²) in [6.07, 6.45) is 3.31. The number of nitrogens with one attached hydrogen (secondary N) is 1. The quantitative estimate of drug-likeness (QED) is 0.832. The minimum atomic E-state index is 0.334. The van der Waals surface area contributed by atoms with Gasteiger partial charge in [-0.1, -0.05) is 17.7 Å². The smallest absolute Gasteiger partial charge is 0.120 e. The van der Waals surface area contributed by atoms with Crippen LogP contribution in [0.3, 0.4) is 0 Å². The van der Waals surface area contributed by atoms with Gasteiger partial charge in [0.05, 0.1) is 5.02 Å². The number of phenolic OH excluding ortho intramolecular Hbond substituents is 1. The van der Waals surface area contributed by atoms with E-state index in [0.29, 0.717) is 11.7 Å². The van der Waals surface area contributed by atoms with Crippen molar-refractivity contribution in [2.45, 2.75) is 26.2 Å². The molecule has 1 heterocycles. The van der Waals surface area contributed by atoms with Gasteiger partial charge in [-0.25, -0.2) is 0 Å². The molecular weight excluding hydrogens is 222 g/mol. The molecule has 0 saturated carbocycles. The molecule has 1 atom stereocenters. The van der Waals surface area contributed by atoms with Crippen LogP contribution in [0.25, 0.3) is 0 Å². The molecule has 0 aliphatic carbocycles. The van der Waals surface area contributed by atoms with Gasteiger partial charge in [-0.05, 0) is 56.8 Å². The van der Waals surface area contributed by atoms with Crippen LogP contribution in [-0.4, -0.2) is 18.2 Å². The fraction of sp³-hybridized carbons (Fsp3) is 0.538. The van der Waals surface area contributed by atoms with E-state index in [0.717, 1.165) is 35.7 Å². The largest absolute Gasteiger partial charge is 0.508 e. The van der Waals surface area contributed by atoms with Gasteiger partial charge in [0.1, 0.15) is 5.75 Å². The molecule has 88 valence electrons. The van der Waals surface area contributed by atoms with Crippen LogP contribution in [-0.2, 0) is 6.42 Å². The number of aromatic hydroxyl groups is 1. The SMILES string of the molecule is Cc1ccc(O)c(CC2CCCNC2)c1Cl. The second kappa shape index (κ2) is 5.07. The molecule has 0 spiro atoms. The van der Waals surface area contributed by atoms with E-state index in [9.17, 15) is 5.11 Å². The van der Waals surface area contributed by atoms with Gasteiger partial charge in [0.25, 0.3) is 0 Å². The molecule has 0 aromatic heterocycles. The minimum Gasteiger partial charge on any atom is -0.508 e. The third-order valence-corrected chi connectivity index (χ3v) is 3.83. The van der Waals surface area contributed by atoms with Crippen molar-refractivity contribution in [2.24, 2.45) is 5.92 Å². The van der Waals surface area contributed by atoms with Gasteiger partial charge in [0.2, 0.25) is 0 Å². The third kappa shape index (κ3) is 2.50. The first-order chi connectivity index (χ1) is 7.68. The number of aryl methyl sites for hydroxylation is 1. The van der Waals surface area contributed by atoms with Gasteiger partial charge in [0.15, 0.2) is 0 Å². The Balaban J connectivity index is 2.16. The standard InChI is InChI=1S/C13H18ClNO/c1-9-4-5-12(16)11(13(9)14)7-10-3-2-6-15-8-10/h4-5,10,15-16H,2-3,6-8H2,1H3. The van der Waals surface area contributed by atoms with E-state index >= 15 is 0 Å². The van der Waals surface area contributed by atoms with Crippen molar-refractivity contribution in [1.29, 1.82) is 0 Å². The maximum atomic E-state index is 9.84. The van der Waals surface area contributed by atoms with Crippen molar-refractivity contribution in [3.63, 3.8) is 0 Å². The molecule has 2 N–H and O–H groups in total. The average Bonchev–Trinajstić information content (AvgIpc) is 2.31. The highest BCUT2D eigenvalue weighted by Gasteiger charge is 2.17. The topological polar surface area (TPSA) is 32.3 Å². The van der Waals surface area contributed by atoms with Crippen LogP contribution in [0.2, 0.25) is 5.02 Å². The molecule has 16 heavy (non-hydrogen) atoms. The Morgan fingerprint density at radius 1 is 1.50 bits per heavy atom. The predicted molar refractivity (Wildman–Crippen MR) is 67.2 cm³/mol. The molecule has 1 saturated heterocycles. The lowest BCUT2D eigenvalue weighted by atomic mass is 9.91. The summed E-state index contributed by atoms with van der Waals surface area (Å²) in [5, 5.41) is 14.0. The fourth-order valence-corrected chi connectivity index (χ4v) is 2.55. The highest BCUT2D eigenvalue weighted by atomic mass is 35.5. The number of halogens is 1. The first-order valence-corrected chi connectivity index (χ1v) is 6.24. The van der Waals surface area contributed by atoms with Gasteiger partial charge >= 0.3 is 0 Å². The van der Waals surface area contributed by atoms with Crippen molar-refractivity contribution in [2.75, 3.05) is 13.1 Å². The molecule has 1 fully saturated rings. The second-order valence-electron chi connectivity index (χ2n) is 4.61. The van der Waals surface area contributed by atoms with Gasteiger partial charge < -0.3 is 10.4 Å². The molecule has 1 aromatic carbocycles. The number of phenols is 1. The molecule has 1 aromatic rings. The Hall–Kier alpha value is -0.730. The molecule has 1 aliphatic heterocycles. The van der Waals surface area contributed by atoms with Gasteiger partial charge in [-0.3, -0.25) is 0 Å². The summed E-state index contributed by atoms with van der Waals surface area (Å²) in [5.41, 5.74) is 1.95. The summed E-state index contributed by atoms with van der Waals surface area (Å²) in [4.78, 5) is 0. The molecule has 2 nitrogen and oxygen atoms in total. The van der Waals surface area contributed by atoms with Crippen LogP contribution in [0.15, 0.2) is 12.1 Å². The Bertz CT molecular complexity index is 372. The third-order valence-electron chi connectivity index (χ3n) is 3.30. The summed E-state index contributed by atoms with van der Waals surface area (Å²) in [6.45, 7) is 4.12. The predicted octanol–water partition coefficient (Wildman–Crippen LogP) is 2.90. The average molecular weight is 240 g/mol. The molecule has 0 radical (unpaired) electrons. The lowest BCUT2D eigenvalue weighted by Crippen LogP contribution is -2.30. The summed E-state index contributed by atoms with van der Waals surface area (Å²) in [7, 11) is 0. The molecule has 1 unspecified atom stereocenters. The Labute approximate surface area is 102 Å². The summed E-state index contributed by atoms with van der Waals surface area (Å²) in [5.74, 6) is 0.931. The molecule has 0 bridgehead atoms. The molecular formula is C13H18ClNO. The van der Waals surface area contributed by atoms with Crippen molar-refractivity contribution in [3.8, 4) is 5.75 Å². The van der Waals surface area contributed by atoms with Crippen molar-refractivity contribution in [3.05, 3.63) is 28.3 Å². The molecule has 2 rings (SSSR count). The van der Waals surface area contributed by atoms with Crippen LogP contribution < -0.4 is 5.32 Å².